The van der Waals surface area contributed by atoms with Crippen LogP contribution in [0.5, 0.6) is 0 Å². The number of hydrogen-bond acceptors (Lipinski definition) is 3. The third-order valence-electron chi connectivity index (χ3n) is 2.45. The monoisotopic (exact) mass is 244 g/mol. The van der Waals surface area contributed by atoms with E-state index in [1.807, 2.05) is 12.1 Å². The normalized spacial score (nSPS) is 15.4. The molecular weight excluding hydrogens is 228 g/mol. The van der Waals surface area contributed by atoms with E-state index in [1.165, 1.54) is 12.2 Å². The topological polar surface area (TPSA) is 49.4 Å². The fraction of sp³-hybridized carbons (Fsp3) is 0.286. The number of rotatable bonds is 2. The first-order valence-electron chi connectivity index (χ1n) is 5.81. The summed E-state index contributed by atoms with van der Waals surface area (Å²) in [6.45, 7) is 6.20. The van der Waals surface area contributed by atoms with E-state index in [4.69, 9.17) is 0 Å². The van der Waals surface area contributed by atoms with Crippen molar-refractivity contribution in [1.82, 2.24) is 0 Å². The van der Waals surface area contributed by atoms with Gasteiger partial charge in [0.1, 0.15) is 0 Å². The van der Waals surface area contributed by atoms with Gasteiger partial charge in [0.2, 0.25) is 0 Å². The highest BCUT2D eigenvalue weighted by atomic mass is 16.2. The van der Waals surface area contributed by atoms with Gasteiger partial charge >= 0.3 is 0 Å². The number of nitrogens with one attached hydrogen (secondary N) is 1. The number of amides is 2. The second-order valence-corrected chi connectivity index (χ2v) is 5.27. The summed E-state index contributed by atoms with van der Waals surface area (Å²) in [5, 5.41) is 3.32. The Morgan fingerprint density at radius 1 is 0.944 bits per heavy atom. The van der Waals surface area contributed by atoms with Crippen LogP contribution < -0.4 is 10.2 Å². The van der Waals surface area contributed by atoms with E-state index in [1.54, 1.807) is 12.1 Å². The van der Waals surface area contributed by atoms with Crippen LogP contribution in [0.25, 0.3) is 0 Å². The van der Waals surface area contributed by atoms with E-state index >= 15 is 0 Å². The highest BCUT2D eigenvalue weighted by Crippen LogP contribution is 2.22. The number of hydrogen-bond donors (Lipinski definition) is 1. The molecule has 0 saturated carbocycles. The van der Waals surface area contributed by atoms with Crippen molar-refractivity contribution in [1.29, 1.82) is 0 Å². The Hall–Kier alpha value is -2.10. The predicted octanol–water partition coefficient (Wildman–Crippen LogP) is 2.33. The van der Waals surface area contributed by atoms with Gasteiger partial charge in [0, 0.05) is 23.4 Å². The van der Waals surface area contributed by atoms with Crippen molar-refractivity contribution in [3.8, 4) is 0 Å². The maximum Gasteiger partial charge on any atom is 0.258 e. The second-order valence-electron chi connectivity index (χ2n) is 5.27. The molecule has 0 bridgehead atoms. The maximum atomic E-state index is 11.5. The molecule has 4 heteroatoms. The third kappa shape index (κ3) is 2.59. The average molecular weight is 244 g/mol. The fourth-order valence-corrected chi connectivity index (χ4v) is 1.78. The lowest BCUT2D eigenvalue weighted by molar-refractivity contribution is -0.119. The van der Waals surface area contributed by atoms with Crippen LogP contribution >= 0.6 is 0 Å². The summed E-state index contributed by atoms with van der Waals surface area (Å²) in [5.74, 6) is -0.590. The van der Waals surface area contributed by atoms with Crippen LogP contribution in [0.3, 0.4) is 0 Å². The minimum Gasteiger partial charge on any atom is -0.380 e. The molecule has 0 unspecified atom stereocenters. The summed E-state index contributed by atoms with van der Waals surface area (Å²) in [7, 11) is 0. The SMILES string of the molecule is CC(C)(C)Nc1ccc(N2C(=O)C=CC2=O)cc1. The molecule has 2 amide bonds. The van der Waals surface area contributed by atoms with Crippen molar-refractivity contribution in [3.05, 3.63) is 36.4 Å². The van der Waals surface area contributed by atoms with E-state index in [2.05, 4.69) is 26.1 Å². The Labute approximate surface area is 106 Å². The van der Waals surface area contributed by atoms with E-state index in [-0.39, 0.29) is 17.4 Å². The van der Waals surface area contributed by atoms with Gasteiger partial charge in [-0.25, -0.2) is 4.90 Å². The lowest BCUT2D eigenvalue weighted by atomic mass is 10.1. The van der Waals surface area contributed by atoms with Gasteiger partial charge in [-0.05, 0) is 45.0 Å². The number of carbonyl (C=O) groups is 2. The molecular formula is C14H16N2O2. The van der Waals surface area contributed by atoms with Crippen LogP contribution in [-0.2, 0) is 9.59 Å². The Morgan fingerprint density at radius 3 is 1.89 bits per heavy atom. The molecule has 1 aliphatic heterocycles. The summed E-state index contributed by atoms with van der Waals surface area (Å²) in [6, 6.07) is 7.24. The Kier molecular flexibility index (Phi) is 2.95. The quantitative estimate of drug-likeness (QED) is 0.812. The molecule has 0 spiro atoms. The first-order chi connectivity index (χ1) is 8.37. The molecule has 1 heterocycles. The second kappa shape index (κ2) is 4.29. The third-order valence-corrected chi connectivity index (χ3v) is 2.45. The zero-order chi connectivity index (χ0) is 13.3. The fourth-order valence-electron chi connectivity index (χ4n) is 1.78. The minimum absolute atomic E-state index is 0.0254. The largest absolute Gasteiger partial charge is 0.380 e. The molecule has 1 aromatic rings. The summed E-state index contributed by atoms with van der Waals surface area (Å²) in [5.41, 5.74) is 1.52. The van der Waals surface area contributed by atoms with Gasteiger partial charge in [-0.3, -0.25) is 9.59 Å². The molecule has 0 fully saturated rings. The zero-order valence-corrected chi connectivity index (χ0v) is 10.7. The highest BCUT2D eigenvalue weighted by molar-refractivity contribution is 6.28. The number of carbonyl (C=O) groups excluding carboxylic acids is 2. The van der Waals surface area contributed by atoms with Crippen molar-refractivity contribution in [2.75, 3.05) is 10.2 Å². The minimum atomic E-state index is -0.295. The Bertz CT molecular complexity index is 492. The Morgan fingerprint density at radius 2 is 1.44 bits per heavy atom. The van der Waals surface area contributed by atoms with Gasteiger partial charge in [0.15, 0.2) is 0 Å². The Balaban J connectivity index is 2.18. The van der Waals surface area contributed by atoms with Crippen LogP contribution in [0.15, 0.2) is 36.4 Å². The summed E-state index contributed by atoms with van der Waals surface area (Å²) < 4.78 is 0. The zero-order valence-electron chi connectivity index (χ0n) is 10.7. The first kappa shape index (κ1) is 12.4. The van der Waals surface area contributed by atoms with Crippen LogP contribution in [0.1, 0.15) is 20.8 Å². The van der Waals surface area contributed by atoms with Gasteiger partial charge in [-0.2, -0.15) is 0 Å². The number of imide groups is 1. The first-order valence-corrected chi connectivity index (χ1v) is 5.81. The van der Waals surface area contributed by atoms with Gasteiger partial charge in [-0.15, -0.1) is 0 Å². The van der Waals surface area contributed by atoms with E-state index in [0.717, 1.165) is 10.6 Å². The smallest absolute Gasteiger partial charge is 0.258 e. The van der Waals surface area contributed by atoms with Gasteiger partial charge < -0.3 is 5.32 Å². The molecule has 2 rings (SSSR count). The molecule has 4 nitrogen and oxygen atoms in total. The number of anilines is 2. The van der Waals surface area contributed by atoms with E-state index < -0.39 is 0 Å². The van der Waals surface area contributed by atoms with Gasteiger partial charge in [-0.1, -0.05) is 0 Å². The molecule has 0 saturated heterocycles. The number of benzene rings is 1. The molecule has 0 aliphatic carbocycles. The summed E-state index contributed by atoms with van der Waals surface area (Å²) >= 11 is 0. The van der Waals surface area contributed by atoms with Crippen molar-refractivity contribution in [2.24, 2.45) is 0 Å². The van der Waals surface area contributed by atoms with Crippen molar-refractivity contribution in [3.63, 3.8) is 0 Å². The number of nitrogens with zero attached hydrogens (tertiary/aromatic N) is 1. The van der Waals surface area contributed by atoms with Crippen LogP contribution in [0, 0.1) is 0 Å². The van der Waals surface area contributed by atoms with E-state index in [0.29, 0.717) is 5.69 Å². The van der Waals surface area contributed by atoms with Gasteiger partial charge in [0.25, 0.3) is 11.8 Å². The highest BCUT2D eigenvalue weighted by Gasteiger charge is 2.24. The van der Waals surface area contributed by atoms with Crippen molar-refractivity contribution >= 4 is 23.2 Å². The van der Waals surface area contributed by atoms with Crippen LogP contribution in [0.2, 0.25) is 0 Å². The lowest BCUT2D eigenvalue weighted by Crippen LogP contribution is -2.29. The molecule has 18 heavy (non-hydrogen) atoms. The van der Waals surface area contributed by atoms with Crippen LogP contribution in [-0.4, -0.2) is 17.4 Å². The lowest BCUT2D eigenvalue weighted by Gasteiger charge is -2.22. The van der Waals surface area contributed by atoms with Crippen LogP contribution in [0.4, 0.5) is 11.4 Å². The molecule has 0 atom stereocenters. The predicted molar refractivity (Wildman–Crippen MR) is 71.5 cm³/mol. The molecule has 0 aromatic heterocycles. The summed E-state index contributed by atoms with van der Waals surface area (Å²) in [4.78, 5) is 24.2. The summed E-state index contributed by atoms with van der Waals surface area (Å²) in [6.07, 6.45) is 2.56. The molecule has 0 radical (unpaired) electrons. The van der Waals surface area contributed by atoms with Crippen molar-refractivity contribution in [2.45, 2.75) is 26.3 Å². The van der Waals surface area contributed by atoms with E-state index in [9.17, 15) is 9.59 Å². The molecule has 1 aliphatic rings. The molecule has 1 aromatic carbocycles. The standard InChI is InChI=1S/C14H16N2O2/c1-14(2,3)15-10-4-6-11(7-5-10)16-12(17)8-9-13(16)18/h4-9,15H,1-3H3. The average Bonchev–Trinajstić information content (AvgIpc) is 2.58. The van der Waals surface area contributed by atoms with Crippen molar-refractivity contribution < 1.29 is 9.59 Å². The molecule has 1 N–H and O–H groups in total. The van der Waals surface area contributed by atoms with Gasteiger partial charge in [0.05, 0.1) is 5.69 Å². The molecule has 94 valence electrons. The maximum absolute atomic E-state index is 11.5.